The second-order valence-electron chi connectivity index (χ2n) is 1.94. The Kier molecular flexibility index (Phi) is 2.70. The van der Waals surface area contributed by atoms with Crippen LogP contribution in [0.5, 0.6) is 0 Å². The summed E-state index contributed by atoms with van der Waals surface area (Å²) < 4.78 is 6.94. The summed E-state index contributed by atoms with van der Waals surface area (Å²) in [5.74, 6) is -2.93. The van der Waals surface area contributed by atoms with E-state index in [-0.39, 0.29) is 11.4 Å². The molecule has 0 spiro atoms. The van der Waals surface area contributed by atoms with Gasteiger partial charge in [0.15, 0.2) is 0 Å². The van der Waals surface area contributed by atoms with Crippen molar-refractivity contribution in [1.29, 1.82) is 0 Å². The number of aliphatic carboxylic acids is 1. The van der Waals surface area contributed by atoms with Crippen molar-refractivity contribution in [2.45, 2.75) is 0 Å². The Morgan fingerprint density at radius 3 is 2.54 bits per heavy atom. The molecule has 0 N–H and O–H groups in total. The van der Waals surface area contributed by atoms with Crippen LogP contribution in [0, 0.1) is 0 Å². The zero-order valence-electron chi connectivity index (χ0n) is 6.09. The third kappa shape index (κ3) is 2.34. The monoisotopic (exact) mass is 198 g/mol. The van der Waals surface area contributed by atoms with Crippen LogP contribution in [0.2, 0.25) is 0 Å². The highest BCUT2D eigenvalue weighted by Gasteiger charge is 2.04. The summed E-state index contributed by atoms with van der Waals surface area (Å²) in [6.07, 6.45) is 1.66. The van der Waals surface area contributed by atoms with Crippen LogP contribution in [-0.2, 0) is 4.79 Å². The van der Waals surface area contributed by atoms with Crippen molar-refractivity contribution in [2.24, 2.45) is 0 Å². The van der Waals surface area contributed by atoms with Gasteiger partial charge in [-0.3, -0.25) is 0 Å². The van der Waals surface area contributed by atoms with Gasteiger partial charge in [-0.2, -0.15) is 8.75 Å². The van der Waals surface area contributed by atoms with Crippen LogP contribution in [0.3, 0.4) is 0 Å². The van der Waals surface area contributed by atoms with Crippen molar-refractivity contribution in [3.05, 3.63) is 17.5 Å². The molecule has 1 aromatic rings. The smallest absolute Gasteiger partial charge is 0.127 e. The first kappa shape index (κ1) is 9.33. The van der Waals surface area contributed by atoms with Crippen molar-refractivity contribution in [1.82, 2.24) is 8.75 Å². The quantitative estimate of drug-likeness (QED) is 0.504. The van der Waals surface area contributed by atoms with Gasteiger partial charge in [0, 0.05) is 0 Å². The summed E-state index contributed by atoms with van der Waals surface area (Å²) in [4.78, 5) is 20.3. The molecule has 7 heteroatoms. The van der Waals surface area contributed by atoms with E-state index < -0.39 is 11.9 Å². The maximum Gasteiger partial charge on any atom is 0.127 e. The average molecular weight is 198 g/mol. The third-order valence-electron chi connectivity index (χ3n) is 1.08. The molecular weight excluding hydrogens is 196 g/mol. The van der Waals surface area contributed by atoms with Crippen molar-refractivity contribution in [2.75, 3.05) is 0 Å². The largest absolute Gasteiger partial charge is 0.545 e. The molecule has 0 unspecified atom stereocenters. The van der Waals surface area contributed by atoms with Crippen LogP contribution in [0.15, 0.2) is 6.08 Å². The second-order valence-corrected chi connectivity index (χ2v) is 2.47. The van der Waals surface area contributed by atoms with E-state index in [4.69, 9.17) is 0 Å². The number of rotatable bonds is 3. The highest BCUT2D eigenvalue weighted by Crippen LogP contribution is 2.06. The van der Waals surface area contributed by atoms with Crippen LogP contribution in [-0.4, -0.2) is 20.7 Å². The molecule has 0 aliphatic heterocycles. The van der Waals surface area contributed by atoms with Crippen molar-refractivity contribution in [3.63, 3.8) is 0 Å². The number of aromatic carboxylic acids is 1. The summed E-state index contributed by atoms with van der Waals surface area (Å²) in [6, 6.07) is 0. The predicted octanol–water partition coefficient (Wildman–Crippen LogP) is -2.34. The molecule has 68 valence electrons. The van der Waals surface area contributed by atoms with Gasteiger partial charge in [-0.25, -0.2) is 0 Å². The van der Waals surface area contributed by atoms with E-state index in [2.05, 4.69) is 8.75 Å². The number of carboxylic acids is 2. The van der Waals surface area contributed by atoms with Gasteiger partial charge in [0.2, 0.25) is 0 Å². The van der Waals surface area contributed by atoms with Gasteiger partial charge in [-0.05, 0) is 12.2 Å². The van der Waals surface area contributed by atoms with E-state index in [1.54, 1.807) is 0 Å². The molecule has 1 aromatic heterocycles. The Morgan fingerprint density at radius 2 is 2.00 bits per heavy atom. The van der Waals surface area contributed by atoms with Crippen LogP contribution in [0.4, 0.5) is 0 Å². The van der Waals surface area contributed by atoms with Crippen LogP contribution in [0.1, 0.15) is 16.2 Å². The minimum Gasteiger partial charge on any atom is -0.545 e. The fourth-order valence-electron chi connectivity index (χ4n) is 0.593. The maximum atomic E-state index is 10.3. The molecule has 0 amide bonds. The summed E-state index contributed by atoms with van der Waals surface area (Å²) in [5.41, 5.74) is -0.420. The number of hydrogen-bond acceptors (Lipinski definition) is 7. The minimum absolute atomic E-state index is 0.0470. The summed E-state index contributed by atoms with van der Waals surface area (Å²) in [7, 11) is 0. The van der Waals surface area contributed by atoms with E-state index >= 15 is 0 Å². The average Bonchev–Trinajstić information content (AvgIpc) is 2.47. The molecular formula is C6H2N2O4S-2. The van der Waals surface area contributed by atoms with Crippen LogP contribution >= 0.6 is 11.7 Å². The fraction of sp³-hybridized carbons (Fsp3) is 0. The SMILES string of the molecule is O=C([O-])C=Cc1nsnc1C(=O)[O-]. The Balaban J connectivity index is 2.95. The molecule has 0 bridgehead atoms. The molecule has 1 rings (SSSR count). The normalized spacial score (nSPS) is 10.5. The Bertz CT molecular complexity index is 370. The molecule has 1 heterocycles. The van der Waals surface area contributed by atoms with Gasteiger partial charge in [0.25, 0.3) is 0 Å². The topological polar surface area (TPSA) is 106 Å². The lowest BCUT2D eigenvalue weighted by atomic mass is 10.3. The third-order valence-corrected chi connectivity index (χ3v) is 1.63. The lowest BCUT2D eigenvalue weighted by Crippen LogP contribution is -2.23. The molecule has 0 aromatic carbocycles. The molecule has 13 heavy (non-hydrogen) atoms. The standard InChI is InChI=1S/C6H4N2O4S/c9-4(10)2-1-3-5(6(11)12)8-13-7-3/h1-2H,(H,9,10)(H,11,12)/p-2. The molecule has 6 nitrogen and oxygen atoms in total. The number of carboxylic acid groups (broad SMARTS) is 2. The number of hydrogen-bond donors (Lipinski definition) is 0. The lowest BCUT2D eigenvalue weighted by molar-refractivity contribution is -0.297. The Morgan fingerprint density at radius 1 is 1.31 bits per heavy atom. The van der Waals surface area contributed by atoms with Gasteiger partial charge in [-0.15, -0.1) is 0 Å². The Labute approximate surface area is 76.5 Å². The second kappa shape index (κ2) is 3.76. The molecule has 0 saturated heterocycles. The molecule has 0 saturated carbocycles. The number of carbonyl (C=O) groups is 2. The van der Waals surface area contributed by atoms with E-state index in [0.29, 0.717) is 17.8 Å². The van der Waals surface area contributed by atoms with Gasteiger partial charge in [-0.1, -0.05) is 0 Å². The molecule has 0 aliphatic rings. The summed E-state index contributed by atoms with van der Waals surface area (Å²) in [6.45, 7) is 0. The molecule has 0 radical (unpaired) electrons. The van der Waals surface area contributed by atoms with E-state index in [1.165, 1.54) is 0 Å². The van der Waals surface area contributed by atoms with Gasteiger partial charge in [0.1, 0.15) is 11.4 Å². The fourth-order valence-corrected chi connectivity index (χ4v) is 1.12. The zero-order valence-corrected chi connectivity index (χ0v) is 6.91. The van der Waals surface area contributed by atoms with Gasteiger partial charge in [0.05, 0.1) is 23.7 Å². The number of carbonyl (C=O) groups excluding carboxylic acids is 2. The predicted molar refractivity (Wildman–Crippen MR) is 38.3 cm³/mol. The maximum absolute atomic E-state index is 10.3. The summed E-state index contributed by atoms with van der Waals surface area (Å²) >= 11 is 0.661. The minimum atomic E-state index is -1.49. The number of aromatic nitrogens is 2. The van der Waals surface area contributed by atoms with E-state index in [1.807, 2.05) is 0 Å². The van der Waals surface area contributed by atoms with E-state index in [0.717, 1.165) is 6.08 Å². The molecule has 0 fully saturated rings. The van der Waals surface area contributed by atoms with Crippen molar-refractivity contribution in [3.8, 4) is 0 Å². The highest BCUT2D eigenvalue weighted by molar-refractivity contribution is 6.99. The van der Waals surface area contributed by atoms with E-state index in [9.17, 15) is 19.8 Å². The zero-order chi connectivity index (χ0) is 9.84. The highest BCUT2D eigenvalue weighted by atomic mass is 32.1. The first-order chi connectivity index (χ1) is 6.11. The van der Waals surface area contributed by atoms with Gasteiger partial charge >= 0.3 is 0 Å². The lowest BCUT2D eigenvalue weighted by Gasteiger charge is -1.96. The summed E-state index contributed by atoms with van der Waals surface area (Å²) in [5, 5.41) is 20.3. The van der Waals surface area contributed by atoms with Crippen molar-refractivity contribution >= 4 is 29.7 Å². The first-order valence-corrected chi connectivity index (χ1v) is 3.77. The molecule has 0 atom stereocenters. The molecule has 0 aliphatic carbocycles. The van der Waals surface area contributed by atoms with Crippen molar-refractivity contribution < 1.29 is 19.8 Å². The number of nitrogens with zero attached hydrogens (tertiary/aromatic N) is 2. The van der Waals surface area contributed by atoms with Crippen LogP contribution < -0.4 is 10.2 Å². The Hall–Kier alpha value is -1.76. The first-order valence-electron chi connectivity index (χ1n) is 3.04. The van der Waals surface area contributed by atoms with Crippen LogP contribution in [0.25, 0.3) is 6.08 Å². The van der Waals surface area contributed by atoms with Gasteiger partial charge < -0.3 is 19.8 Å².